The van der Waals surface area contributed by atoms with Gasteiger partial charge in [-0.15, -0.1) is 11.3 Å². The number of thiophene rings is 1. The molecule has 0 unspecified atom stereocenters. The lowest BCUT2D eigenvalue weighted by molar-refractivity contribution is 0.101. The van der Waals surface area contributed by atoms with Gasteiger partial charge in [-0.2, -0.15) is 0 Å². The fourth-order valence-electron chi connectivity index (χ4n) is 2.74. The maximum Gasteiger partial charge on any atom is 0.267 e. The summed E-state index contributed by atoms with van der Waals surface area (Å²) in [6, 6.07) is 10.7. The zero-order valence-corrected chi connectivity index (χ0v) is 15.8. The number of hydrogen-bond donors (Lipinski definition) is 2. The molecule has 2 aromatic heterocycles. The highest BCUT2D eigenvalue weighted by atomic mass is 32.1. The zero-order chi connectivity index (χ0) is 18.8. The van der Waals surface area contributed by atoms with Gasteiger partial charge in [0.05, 0.1) is 5.69 Å². The van der Waals surface area contributed by atoms with Gasteiger partial charge in [0.25, 0.3) is 5.91 Å². The molecule has 3 rings (SSSR count). The van der Waals surface area contributed by atoms with Crippen molar-refractivity contribution in [1.29, 1.82) is 0 Å². The number of nitrogen functional groups attached to an aromatic ring is 1. The van der Waals surface area contributed by atoms with Crippen LogP contribution in [0, 0.1) is 5.92 Å². The van der Waals surface area contributed by atoms with Crippen LogP contribution in [0.4, 0.5) is 11.4 Å². The zero-order valence-electron chi connectivity index (χ0n) is 15.0. The number of pyridine rings is 1. The first-order valence-electron chi connectivity index (χ1n) is 8.45. The van der Waals surface area contributed by atoms with E-state index in [1.807, 2.05) is 12.1 Å². The lowest BCUT2D eigenvalue weighted by atomic mass is 10.1. The number of fused-ring (bicyclic) bond motifs is 1. The highest BCUT2D eigenvalue weighted by Gasteiger charge is 2.18. The van der Waals surface area contributed by atoms with Gasteiger partial charge in [-0.05, 0) is 43.5 Å². The molecule has 0 saturated carbocycles. The van der Waals surface area contributed by atoms with Crippen molar-refractivity contribution in [3.63, 3.8) is 0 Å². The van der Waals surface area contributed by atoms with Gasteiger partial charge in [-0.25, -0.2) is 4.98 Å². The molecule has 3 aromatic rings. The summed E-state index contributed by atoms with van der Waals surface area (Å²) in [5.74, 6) is 0.162. The van der Waals surface area contributed by atoms with Crippen molar-refractivity contribution >= 4 is 44.6 Å². The number of ketones is 1. The van der Waals surface area contributed by atoms with Gasteiger partial charge < -0.3 is 11.1 Å². The van der Waals surface area contributed by atoms with Crippen LogP contribution in [0.25, 0.3) is 10.2 Å². The Labute approximate surface area is 156 Å². The Kier molecular flexibility index (Phi) is 5.04. The molecule has 0 aliphatic carbocycles. The lowest BCUT2D eigenvalue weighted by Crippen LogP contribution is -2.12. The summed E-state index contributed by atoms with van der Waals surface area (Å²) >= 11 is 1.29. The van der Waals surface area contributed by atoms with Crippen LogP contribution in [0.3, 0.4) is 0 Å². The second kappa shape index (κ2) is 7.25. The number of aromatic nitrogens is 1. The molecule has 0 saturated heterocycles. The predicted molar refractivity (Wildman–Crippen MR) is 107 cm³/mol. The Hall–Kier alpha value is -2.73. The summed E-state index contributed by atoms with van der Waals surface area (Å²) in [6.45, 7) is 5.77. The average Bonchev–Trinajstić information content (AvgIpc) is 2.91. The summed E-state index contributed by atoms with van der Waals surface area (Å²) in [5.41, 5.74) is 8.72. The number of nitrogens with one attached hydrogen (secondary N) is 1. The van der Waals surface area contributed by atoms with Gasteiger partial charge in [0.15, 0.2) is 5.78 Å². The van der Waals surface area contributed by atoms with Crippen LogP contribution in [-0.4, -0.2) is 16.7 Å². The first-order chi connectivity index (χ1) is 12.3. The van der Waals surface area contributed by atoms with Crippen LogP contribution in [0.15, 0.2) is 36.4 Å². The van der Waals surface area contributed by atoms with Gasteiger partial charge >= 0.3 is 0 Å². The Bertz CT molecular complexity index is 992. The third-order valence-corrected chi connectivity index (χ3v) is 5.12. The van der Waals surface area contributed by atoms with E-state index in [2.05, 4.69) is 24.1 Å². The highest BCUT2D eigenvalue weighted by Crippen LogP contribution is 2.33. The number of Topliss-reactive ketones (excluding diaryl/α,β-unsaturated/α-hetero) is 1. The minimum atomic E-state index is -0.295. The van der Waals surface area contributed by atoms with Crippen molar-refractivity contribution in [2.75, 3.05) is 11.1 Å². The Morgan fingerprint density at radius 1 is 1.23 bits per heavy atom. The van der Waals surface area contributed by atoms with Crippen molar-refractivity contribution < 1.29 is 9.59 Å². The summed E-state index contributed by atoms with van der Waals surface area (Å²) in [4.78, 5) is 30.0. The first kappa shape index (κ1) is 18.1. The van der Waals surface area contributed by atoms with Crippen LogP contribution in [0.2, 0.25) is 0 Å². The van der Waals surface area contributed by atoms with E-state index in [0.29, 0.717) is 27.7 Å². The largest absolute Gasteiger partial charge is 0.397 e. The van der Waals surface area contributed by atoms with E-state index in [4.69, 9.17) is 5.73 Å². The van der Waals surface area contributed by atoms with Crippen LogP contribution in [-0.2, 0) is 6.42 Å². The standard InChI is InChI=1S/C20H21N3O2S/c1-11(2)9-15-7-8-16-17(21)18(26-20(16)23-15)19(25)22-14-6-4-5-13(10-14)12(3)24/h4-8,10-11H,9,21H2,1-3H3,(H,22,25). The fourth-order valence-corrected chi connectivity index (χ4v) is 3.75. The molecule has 134 valence electrons. The van der Waals surface area contributed by atoms with Crippen LogP contribution >= 0.6 is 11.3 Å². The normalized spacial score (nSPS) is 11.1. The highest BCUT2D eigenvalue weighted by molar-refractivity contribution is 7.21. The molecular formula is C20H21N3O2S. The van der Waals surface area contributed by atoms with E-state index in [9.17, 15) is 9.59 Å². The van der Waals surface area contributed by atoms with Crippen LogP contribution < -0.4 is 11.1 Å². The first-order valence-corrected chi connectivity index (χ1v) is 9.27. The van der Waals surface area contributed by atoms with E-state index >= 15 is 0 Å². The Balaban J connectivity index is 1.89. The Morgan fingerprint density at radius 2 is 2.00 bits per heavy atom. The third-order valence-electron chi connectivity index (χ3n) is 4.00. The van der Waals surface area contributed by atoms with Crippen molar-refractivity contribution in [2.24, 2.45) is 5.92 Å². The number of anilines is 2. The molecule has 0 bridgehead atoms. The third kappa shape index (κ3) is 3.75. The van der Waals surface area contributed by atoms with E-state index < -0.39 is 0 Å². The monoisotopic (exact) mass is 367 g/mol. The van der Waals surface area contributed by atoms with Crippen molar-refractivity contribution in [3.05, 3.63) is 52.5 Å². The number of carbonyl (C=O) groups is 2. The Morgan fingerprint density at radius 3 is 2.69 bits per heavy atom. The minimum absolute atomic E-state index is 0.0515. The molecule has 3 N–H and O–H groups in total. The molecule has 1 aromatic carbocycles. The van der Waals surface area contributed by atoms with Gasteiger partial charge in [-0.3, -0.25) is 9.59 Å². The van der Waals surface area contributed by atoms with Gasteiger partial charge in [0, 0.05) is 22.3 Å². The molecule has 0 aliphatic rings. The predicted octanol–water partition coefficient (Wildman–Crippen LogP) is 4.53. The second-order valence-corrected chi connectivity index (χ2v) is 7.69. The summed E-state index contributed by atoms with van der Waals surface area (Å²) in [7, 11) is 0. The number of rotatable bonds is 5. The van der Waals surface area contributed by atoms with Crippen molar-refractivity contribution in [2.45, 2.75) is 27.2 Å². The van der Waals surface area contributed by atoms with Crippen molar-refractivity contribution in [1.82, 2.24) is 4.98 Å². The number of amides is 1. The van der Waals surface area contributed by atoms with Crippen LogP contribution in [0.5, 0.6) is 0 Å². The average molecular weight is 367 g/mol. The maximum atomic E-state index is 12.7. The van der Waals surface area contributed by atoms with E-state index in [-0.39, 0.29) is 11.7 Å². The van der Waals surface area contributed by atoms with E-state index in [0.717, 1.165) is 22.3 Å². The van der Waals surface area contributed by atoms with E-state index in [1.165, 1.54) is 18.3 Å². The molecule has 0 spiro atoms. The SMILES string of the molecule is CC(=O)c1cccc(NC(=O)c2sc3nc(CC(C)C)ccc3c2N)c1. The quantitative estimate of drug-likeness (QED) is 0.649. The summed E-state index contributed by atoms with van der Waals surface area (Å²) < 4.78 is 0. The topological polar surface area (TPSA) is 85.1 Å². The number of carbonyl (C=O) groups excluding carboxylic acids is 2. The smallest absolute Gasteiger partial charge is 0.267 e. The molecule has 0 fully saturated rings. The van der Waals surface area contributed by atoms with Crippen molar-refractivity contribution in [3.8, 4) is 0 Å². The van der Waals surface area contributed by atoms with Gasteiger partial charge in [-0.1, -0.05) is 26.0 Å². The van der Waals surface area contributed by atoms with E-state index in [1.54, 1.807) is 24.3 Å². The molecule has 0 aliphatic heterocycles. The molecule has 0 radical (unpaired) electrons. The van der Waals surface area contributed by atoms with Gasteiger partial charge in [0.2, 0.25) is 0 Å². The maximum absolute atomic E-state index is 12.7. The van der Waals surface area contributed by atoms with Crippen LogP contribution in [0.1, 0.15) is 46.5 Å². The minimum Gasteiger partial charge on any atom is -0.397 e. The molecular weight excluding hydrogens is 346 g/mol. The molecule has 26 heavy (non-hydrogen) atoms. The number of nitrogens with zero attached hydrogens (tertiary/aromatic N) is 1. The molecule has 1 amide bonds. The summed E-state index contributed by atoms with van der Waals surface area (Å²) in [5, 5.41) is 3.61. The lowest BCUT2D eigenvalue weighted by Gasteiger charge is -2.05. The number of benzene rings is 1. The molecule has 2 heterocycles. The second-order valence-electron chi connectivity index (χ2n) is 6.69. The number of hydrogen-bond acceptors (Lipinski definition) is 5. The molecule has 0 atom stereocenters. The van der Waals surface area contributed by atoms with Gasteiger partial charge in [0.1, 0.15) is 9.71 Å². The molecule has 6 heteroatoms. The summed E-state index contributed by atoms with van der Waals surface area (Å²) in [6.07, 6.45) is 0.882. The fraction of sp³-hybridized carbons (Fsp3) is 0.250. The molecule has 5 nitrogen and oxygen atoms in total. The number of nitrogens with two attached hydrogens (primary N) is 1.